The lowest BCUT2D eigenvalue weighted by atomic mass is 9.97. The predicted octanol–water partition coefficient (Wildman–Crippen LogP) is 2.76. The maximum Gasteiger partial charge on any atom is 0.253 e. The molecule has 3 rings (SSSR count). The molecule has 0 bridgehead atoms. The number of hydrogen-bond acceptors (Lipinski definition) is 2. The van der Waals surface area contributed by atoms with Crippen LogP contribution in [0.4, 0.5) is 5.69 Å². The molecule has 1 aliphatic carbocycles. The van der Waals surface area contributed by atoms with E-state index in [9.17, 15) is 4.79 Å². The highest BCUT2D eigenvalue weighted by Gasteiger charge is 2.23. The maximum absolute atomic E-state index is 11.8. The van der Waals surface area contributed by atoms with Gasteiger partial charge in [-0.25, -0.2) is 5.01 Å². The molecule has 1 aliphatic heterocycles. The molecule has 0 aromatic heterocycles. The van der Waals surface area contributed by atoms with Gasteiger partial charge in [-0.05, 0) is 43.0 Å². The summed E-state index contributed by atoms with van der Waals surface area (Å²) < 4.78 is 0. The molecule has 1 heterocycles. The van der Waals surface area contributed by atoms with Gasteiger partial charge >= 0.3 is 0 Å². The fourth-order valence-electron chi connectivity index (χ4n) is 2.31. The van der Waals surface area contributed by atoms with Crippen molar-refractivity contribution in [3.63, 3.8) is 0 Å². The van der Waals surface area contributed by atoms with Gasteiger partial charge < -0.3 is 0 Å². The van der Waals surface area contributed by atoms with Gasteiger partial charge in [0.25, 0.3) is 5.91 Å². The van der Waals surface area contributed by atoms with Crippen LogP contribution in [0.3, 0.4) is 0 Å². The SMILES string of the molecule is CC1=NN(c2ccc3c(c2)CCC=C3)C(=O)C1. The number of aryl methyl sites for hydroxylation is 1. The van der Waals surface area contributed by atoms with Crippen molar-refractivity contribution in [2.24, 2.45) is 5.10 Å². The molecule has 1 aromatic carbocycles. The monoisotopic (exact) mass is 226 g/mol. The van der Waals surface area contributed by atoms with Crippen LogP contribution in [0.5, 0.6) is 0 Å². The van der Waals surface area contributed by atoms with E-state index in [1.54, 1.807) is 0 Å². The van der Waals surface area contributed by atoms with Crippen molar-refractivity contribution >= 4 is 23.4 Å². The Morgan fingerprint density at radius 1 is 1.35 bits per heavy atom. The number of anilines is 1. The van der Waals surface area contributed by atoms with Crippen LogP contribution in [0.25, 0.3) is 6.08 Å². The number of fused-ring (bicyclic) bond motifs is 1. The van der Waals surface area contributed by atoms with Crippen molar-refractivity contribution in [3.8, 4) is 0 Å². The number of carbonyl (C=O) groups is 1. The largest absolute Gasteiger partial charge is 0.272 e. The summed E-state index contributed by atoms with van der Waals surface area (Å²) in [5.74, 6) is 0.0637. The minimum Gasteiger partial charge on any atom is -0.272 e. The Hall–Kier alpha value is -1.90. The fraction of sp³-hybridized carbons (Fsp3) is 0.286. The van der Waals surface area contributed by atoms with Gasteiger partial charge in [-0.2, -0.15) is 5.10 Å². The van der Waals surface area contributed by atoms with E-state index in [-0.39, 0.29) is 5.91 Å². The molecule has 1 amide bonds. The van der Waals surface area contributed by atoms with Crippen molar-refractivity contribution in [2.75, 3.05) is 5.01 Å². The number of hydrazone groups is 1. The first-order chi connectivity index (χ1) is 8.24. The van der Waals surface area contributed by atoms with Crippen LogP contribution < -0.4 is 5.01 Å². The molecule has 86 valence electrons. The first-order valence-corrected chi connectivity index (χ1v) is 5.90. The topological polar surface area (TPSA) is 32.7 Å². The lowest BCUT2D eigenvalue weighted by Gasteiger charge is -2.16. The van der Waals surface area contributed by atoms with Crippen molar-refractivity contribution in [1.82, 2.24) is 0 Å². The maximum atomic E-state index is 11.8. The number of allylic oxidation sites excluding steroid dienone is 1. The first-order valence-electron chi connectivity index (χ1n) is 5.90. The average molecular weight is 226 g/mol. The number of amides is 1. The van der Waals surface area contributed by atoms with Crippen molar-refractivity contribution < 1.29 is 4.79 Å². The minimum absolute atomic E-state index is 0.0637. The van der Waals surface area contributed by atoms with E-state index < -0.39 is 0 Å². The van der Waals surface area contributed by atoms with Gasteiger partial charge in [-0.1, -0.05) is 18.2 Å². The smallest absolute Gasteiger partial charge is 0.253 e. The van der Waals surface area contributed by atoms with Gasteiger partial charge in [0.1, 0.15) is 0 Å². The Morgan fingerprint density at radius 2 is 2.24 bits per heavy atom. The first kappa shape index (κ1) is 10.3. The third-order valence-corrected chi connectivity index (χ3v) is 3.16. The summed E-state index contributed by atoms with van der Waals surface area (Å²) in [5, 5.41) is 5.79. The van der Waals surface area contributed by atoms with Crippen LogP contribution in [-0.4, -0.2) is 11.6 Å². The van der Waals surface area contributed by atoms with E-state index >= 15 is 0 Å². The van der Waals surface area contributed by atoms with Crippen molar-refractivity contribution in [2.45, 2.75) is 26.2 Å². The highest BCUT2D eigenvalue weighted by Crippen LogP contribution is 2.27. The molecule has 3 heteroatoms. The summed E-state index contributed by atoms with van der Waals surface area (Å²) in [5.41, 5.74) is 4.33. The molecule has 0 N–H and O–H groups in total. The van der Waals surface area contributed by atoms with Crippen molar-refractivity contribution in [3.05, 3.63) is 35.4 Å². The van der Waals surface area contributed by atoms with Gasteiger partial charge in [-0.3, -0.25) is 4.79 Å². The molecule has 0 saturated heterocycles. The summed E-state index contributed by atoms with van der Waals surface area (Å²) in [7, 11) is 0. The normalized spacial score (nSPS) is 18.3. The molecule has 0 fully saturated rings. The summed E-state index contributed by atoms with van der Waals surface area (Å²) in [6.07, 6.45) is 6.89. The van der Waals surface area contributed by atoms with Crippen LogP contribution >= 0.6 is 0 Å². The average Bonchev–Trinajstić information content (AvgIpc) is 2.68. The minimum atomic E-state index is 0.0637. The molecular formula is C14H14N2O. The number of rotatable bonds is 1. The van der Waals surface area contributed by atoms with Crippen LogP contribution in [-0.2, 0) is 11.2 Å². The van der Waals surface area contributed by atoms with Gasteiger partial charge in [0.05, 0.1) is 12.1 Å². The van der Waals surface area contributed by atoms with Crippen molar-refractivity contribution in [1.29, 1.82) is 0 Å². The Labute approximate surface area is 100 Å². The molecule has 2 aliphatic rings. The van der Waals surface area contributed by atoms with Crippen LogP contribution in [0.1, 0.15) is 30.9 Å². The summed E-state index contributed by atoms with van der Waals surface area (Å²) in [6, 6.07) is 6.12. The second-order valence-electron chi connectivity index (χ2n) is 4.54. The quantitative estimate of drug-likeness (QED) is 0.724. The van der Waals surface area contributed by atoms with E-state index in [1.807, 2.05) is 13.0 Å². The summed E-state index contributed by atoms with van der Waals surface area (Å²) in [6.45, 7) is 1.89. The highest BCUT2D eigenvalue weighted by molar-refractivity contribution is 6.12. The second kappa shape index (κ2) is 3.84. The van der Waals surface area contributed by atoms with Gasteiger partial charge in [0.2, 0.25) is 0 Å². The lowest BCUT2D eigenvalue weighted by Crippen LogP contribution is -2.19. The molecule has 1 aromatic rings. The molecule has 0 atom stereocenters. The lowest BCUT2D eigenvalue weighted by molar-refractivity contribution is -0.116. The summed E-state index contributed by atoms with van der Waals surface area (Å²) >= 11 is 0. The Balaban J connectivity index is 1.99. The number of carbonyl (C=O) groups excluding carboxylic acids is 1. The Bertz CT molecular complexity index is 543. The molecule has 17 heavy (non-hydrogen) atoms. The van der Waals surface area contributed by atoms with Crippen LogP contribution in [0.2, 0.25) is 0 Å². The van der Waals surface area contributed by atoms with E-state index in [0.717, 1.165) is 24.2 Å². The molecule has 3 nitrogen and oxygen atoms in total. The fourth-order valence-corrected chi connectivity index (χ4v) is 2.31. The molecule has 0 saturated carbocycles. The van der Waals surface area contributed by atoms with Crippen LogP contribution in [0.15, 0.2) is 29.4 Å². The Morgan fingerprint density at radius 3 is 3.00 bits per heavy atom. The third-order valence-electron chi connectivity index (χ3n) is 3.16. The zero-order chi connectivity index (χ0) is 11.8. The molecule has 0 radical (unpaired) electrons. The van der Waals surface area contributed by atoms with Gasteiger partial charge in [0.15, 0.2) is 0 Å². The third kappa shape index (κ3) is 1.78. The predicted molar refractivity (Wildman–Crippen MR) is 69.0 cm³/mol. The molecule has 0 spiro atoms. The van der Waals surface area contributed by atoms with E-state index in [4.69, 9.17) is 0 Å². The van der Waals surface area contributed by atoms with E-state index in [1.165, 1.54) is 16.1 Å². The van der Waals surface area contributed by atoms with Crippen LogP contribution in [0, 0.1) is 0 Å². The number of benzene rings is 1. The Kier molecular flexibility index (Phi) is 2.32. The summed E-state index contributed by atoms with van der Waals surface area (Å²) in [4.78, 5) is 11.8. The molecule has 0 unspecified atom stereocenters. The number of hydrogen-bond donors (Lipinski definition) is 0. The van der Waals surface area contributed by atoms with Gasteiger partial charge in [-0.15, -0.1) is 0 Å². The number of nitrogens with zero attached hydrogens (tertiary/aromatic N) is 2. The van der Waals surface area contributed by atoms with E-state index in [0.29, 0.717) is 6.42 Å². The second-order valence-corrected chi connectivity index (χ2v) is 4.54. The molecular weight excluding hydrogens is 212 g/mol. The van der Waals surface area contributed by atoms with Gasteiger partial charge in [0, 0.05) is 5.71 Å². The zero-order valence-corrected chi connectivity index (χ0v) is 9.81. The zero-order valence-electron chi connectivity index (χ0n) is 9.81. The standard InChI is InChI=1S/C14H14N2O/c1-10-8-14(17)16(15-10)13-7-6-11-4-2-3-5-12(11)9-13/h2,4,6-7,9H,3,5,8H2,1H3. The highest BCUT2D eigenvalue weighted by atomic mass is 16.2. The van der Waals surface area contributed by atoms with E-state index in [2.05, 4.69) is 29.4 Å².